The molecular weight excluding hydrogens is 348 g/mol. The van der Waals surface area contributed by atoms with Crippen molar-refractivity contribution in [3.63, 3.8) is 0 Å². The molecule has 3 heteroatoms. The van der Waals surface area contributed by atoms with E-state index in [0.717, 1.165) is 6.54 Å². The Hall–Kier alpha value is -1.55. The smallest absolute Gasteiger partial charge is 0.0219 e. The molecule has 27 heavy (non-hydrogen) atoms. The largest absolute Gasteiger partial charge is 0.310 e. The summed E-state index contributed by atoms with van der Waals surface area (Å²) in [6, 6.07) is 20.1. The molecule has 1 fully saturated rings. The first-order valence-electron chi connectivity index (χ1n) is 10.1. The summed E-state index contributed by atoms with van der Waals surface area (Å²) in [4.78, 5) is 5.27. The predicted molar refractivity (Wildman–Crippen MR) is 117 cm³/mol. The van der Waals surface area contributed by atoms with Gasteiger partial charge < -0.3 is 10.2 Å². The number of benzene rings is 2. The van der Waals surface area contributed by atoms with E-state index in [4.69, 9.17) is 0 Å². The highest BCUT2D eigenvalue weighted by Gasteiger charge is 2.18. The van der Waals surface area contributed by atoms with Crippen molar-refractivity contribution < 1.29 is 0 Å². The van der Waals surface area contributed by atoms with Crippen LogP contribution in [0.15, 0.2) is 76.0 Å². The van der Waals surface area contributed by atoms with E-state index in [1.54, 1.807) is 0 Å². The average Bonchev–Trinajstić information content (AvgIpc) is 2.69. The monoisotopic (exact) mass is 380 g/mol. The second kappa shape index (κ2) is 10.7. The van der Waals surface area contributed by atoms with Crippen LogP contribution in [0.3, 0.4) is 0 Å². The molecule has 2 aromatic carbocycles. The summed E-state index contributed by atoms with van der Waals surface area (Å²) in [5.74, 6) is 0. The summed E-state index contributed by atoms with van der Waals surface area (Å²) in [7, 11) is 0. The van der Waals surface area contributed by atoms with Gasteiger partial charge in [0, 0.05) is 28.9 Å². The summed E-state index contributed by atoms with van der Waals surface area (Å²) in [6.45, 7) is 8.96. The molecule has 0 saturated carbocycles. The molecule has 2 nitrogen and oxygen atoms in total. The molecule has 0 atom stereocenters. The molecule has 0 aromatic heterocycles. The molecule has 2 aromatic rings. The van der Waals surface area contributed by atoms with Crippen LogP contribution in [0.1, 0.15) is 38.7 Å². The van der Waals surface area contributed by atoms with Crippen LogP contribution in [0, 0.1) is 0 Å². The molecule has 1 aliphatic heterocycles. The van der Waals surface area contributed by atoms with Gasteiger partial charge in [0.25, 0.3) is 0 Å². The highest BCUT2D eigenvalue weighted by atomic mass is 32.2. The summed E-state index contributed by atoms with van der Waals surface area (Å²) >= 11 is 1.86. The third-order valence-electron chi connectivity index (χ3n) is 5.11. The number of nitrogens with one attached hydrogen (secondary N) is 1. The Bertz CT molecular complexity index is 714. The second-order valence-corrected chi connectivity index (χ2v) is 8.71. The van der Waals surface area contributed by atoms with Crippen molar-refractivity contribution in [3.8, 4) is 0 Å². The number of piperidine rings is 1. The normalized spacial score (nSPS) is 15.6. The predicted octanol–water partition coefficient (Wildman–Crippen LogP) is 5.75. The number of rotatable bonds is 8. The lowest BCUT2D eigenvalue weighted by Crippen LogP contribution is -2.42. The Balaban J connectivity index is 1.46. The van der Waals surface area contributed by atoms with Crippen LogP contribution in [0.5, 0.6) is 0 Å². The Morgan fingerprint density at radius 1 is 1.04 bits per heavy atom. The molecule has 1 saturated heterocycles. The zero-order valence-corrected chi connectivity index (χ0v) is 17.5. The Labute approximate surface area is 169 Å². The van der Waals surface area contributed by atoms with E-state index in [2.05, 4.69) is 84.7 Å². The van der Waals surface area contributed by atoms with Crippen molar-refractivity contribution in [2.24, 2.45) is 0 Å². The van der Waals surface area contributed by atoms with Crippen molar-refractivity contribution in [1.82, 2.24) is 10.2 Å². The molecule has 1 N–H and O–H groups in total. The SMILES string of the molecule is CC(C)=CCCN1CCC(NCc2ccccc2Sc2ccccc2)CC1. The summed E-state index contributed by atoms with van der Waals surface area (Å²) in [5.41, 5.74) is 2.83. The molecule has 3 rings (SSSR count). The molecule has 0 radical (unpaired) electrons. The topological polar surface area (TPSA) is 15.3 Å². The minimum absolute atomic E-state index is 0.638. The van der Waals surface area contributed by atoms with Crippen molar-refractivity contribution in [2.45, 2.75) is 55.5 Å². The van der Waals surface area contributed by atoms with Gasteiger partial charge in [-0.2, -0.15) is 0 Å². The van der Waals surface area contributed by atoms with Crippen molar-refractivity contribution in [1.29, 1.82) is 0 Å². The fourth-order valence-electron chi connectivity index (χ4n) is 3.52. The van der Waals surface area contributed by atoms with Gasteiger partial charge in [-0.15, -0.1) is 0 Å². The zero-order chi connectivity index (χ0) is 18.9. The minimum atomic E-state index is 0.638. The van der Waals surface area contributed by atoms with Gasteiger partial charge in [-0.1, -0.05) is 59.8 Å². The summed E-state index contributed by atoms with van der Waals surface area (Å²) in [5, 5.41) is 3.81. The number of nitrogens with zero attached hydrogens (tertiary/aromatic N) is 1. The van der Waals surface area contributed by atoms with Crippen molar-refractivity contribution >= 4 is 11.8 Å². The van der Waals surface area contributed by atoms with Crippen LogP contribution in [-0.4, -0.2) is 30.6 Å². The minimum Gasteiger partial charge on any atom is -0.310 e. The molecule has 1 aliphatic rings. The Morgan fingerprint density at radius 3 is 2.48 bits per heavy atom. The molecule has 0 unspecified atom stereocenters. The van der Waals surface area contributed by atoms with E-state index in [9.17, 15) is 0 Å². The average molecular weight is 381 g/mol. The van der Waals surface area contributed by atoms with E-state index in [0.29, 0.717) is 6.04 Å². The van der Waals surface area contributed by atoms with Gasteiger partial charge in [0.15, 0.2) is 0 Å². The van der Waals surface area contributed by atoms with E-state index in [1.165, 1.54) is 59.8 Å². The first-order chi connectivity index (χ1) is 13.2. The summed E-state index contributed by atoms with van der Waals surface area (Å²) in [6.07, 6.45) is 6.04. The highest BCUT2D eigenvalue weighted by Crippen LogP contribution is 2.30. The maximum atomic E-state index is 3.81. The van der Waals surface area contributed by atoms with Gasteiger partial charge in [0.05, 0.1) is 0 Å². The van der Waals surface area contributed by atoms with Gasteiger partial charge in [0.1, 0.15) is 0 Å². The molecular formula is C24H32N2S. The van der Waals surface area contributed by atoms with Crippen LogP contribution in [0.2, 0.25) is 0 Å². The fourth-order valence-corrected chi connectivity index (χ4v) is 4.48. The maximum Gasteiger partial charge on any atom is 0.0219 e. The highest BCUT2D eigenvalue weighted by molar-refractivity contribution is 7.99. The Kier molecular flexibility index (Phi) is 8.00. The zero-order valence-electron chi connectivity index (χ0n) is 16.7. The summed E-state index contributed by atoms with van der Waals surface area (Å²) < 4.78 is 0. The molecule has 0 aliphatic carbocycles. The van der Waals surface area contributed by atoms with Gasteiger partial charge >= 0.3 is 0 Å². The van der Waals surface area contributed by atoms with E-state index >= 15 is 0 Å². The van der Waals surface area contributed by atoms with Crippen LogP contribution in [0.25, 0.3) is 0 Å². The van der Waals surface area contributed by atoms with Crippen LogP contribution in [0.4, 0.5) is 0 Å². The first-order valence-corrected chi connectivity index (χ1v) is 10.9. The van der Waals surface area contributed by atoms with Gasteiger partial charge in [0.2, 0.25) is 0 Å². The quantitative estimate of drug-likeness (QED) is 0.587. The second-order valence-electron chi connectivity index (χ2n) is 7.59. The van der Waals surface area contributed by atoms with E-state index in [-0.39, 0.29) is 0 Å². The molecule has 1 heterocycles. The van der Waals surface area contributed by atoms with Crippen LogP contribution in [-0.2, 0) is 6.54 Å². The van der Waals surface area contributed by atoms with E-state index < -0.39 is 0 Å². The first kappa shape index (κ1) is 20.2. The van der Waals surface area contributed by atoms with Crippen molar-refractivity contribution in [3.05, 3.63) is 71.8 Å². The maximum absolute atomic E-state index is 3.81. The van der Waals surface area contributed by atoms with Gasteiger partial charge in [-0.25, -0.2) is 0 Å². The number of likely N-dealkylation sites (tertiary alicyclic amines) is 1. The van der Waals surface area contributed by atoms with Crippen molar-refractivity contribution in [2.75, 3.05) is 19.6 Å². The van der Waals surface area contributed by atoms with Crippen LogP contribution < -0.4 is 5.32 Å². The molecule has 144 valence electrons. The number of hydrogen-bond donors (Lipinski definition) is 1. The van der Waals surface area contributed by atoms with E-state index in [1.807, 2.05) is 11.8 Å². The van der Waals surface area contributed by atoms with Crippen LogP contribution >= 0.6 is 11.8 Å². The number of hydrogen-bond acceptors (Lipinski definition) is 3. The Morgan fingerprint density at radius 2 is 1.74 bits per heavy atom. The lowest BCUT2D eigenvalue weighted by Gasteiger charge is -2.32. The fraction of sp³-hybridized carbons (Fsp3) is 0.417. The number of allylic oxidation sites excluding steroid dienone is 1. The molecule has 0 amide bonds. The lowest BCUT2D eigenvalue weighted by molar-refractivity contribution is 0.200. The van der Waals surface area contributed by atoms with Gasteiger partial charge in [-0.3, -0.25) is 0 Å². The third kappa shape index (κ3) is 6.84. The molecule has 0 spiro atoms. The van der Waals surface area contributed by atoms with Gasteiger partial charge in [-0.05, 0) is 70.0 Å². The third-order valence-corrected chi connectivity index (χ3v) is 6.24. The molecule has 0 bridgehead atoms. The standard InChI is InChI=1S/C24H32N2S/c1-20(2)9-8-16-26-17-14-22(15-18-26)25-19-21-10-6-7-13-24(21)27-23-11-4-3-5-12-23/h3-7,9-13,22,25H,8,14-19H2,1-2H3. The lowest BCUT2D eigenvalue weighted by atomic mass is 10.0.